The molecule has 1 unspecified atom stereocenters. The second-order valence-corrected chi connectivity index (χ2v) is 12.4. The van der Waals surface area contributed by atoms with E-state index in [2.05, 4.69) is 22.6 Å². The number of aliphatic hydroxyl groups excluding tert-OH is 1. The topological polar surface area (TPSA) is 65.0 Å². The minimum atomic E-state index is -1.30. The molecule has 1 aliphatic heterocycles. The molecule has 7 heteroatoms. The highest BCUT2D eigenvalue weighted by atomic mass is 127. The Morgan fingerprint density at radius 2 is 1.72 bits per heavy atom. The second-order valence-electron chi connectivity index (χ2n) is 8.90. The van der Waals surface area contributed by atoms with Crippen LogP contribution in [0.15, 0.2) is 70.2 Å². The van der Waals surface area contributed by atoms with Crippen molar-refractivity contribution in [1.29, 1.82) is 0 Å². The molecule has 3 rings (SSSR count). The highest BCUT2D eigenvalue weighted by Gasteiger charge is 2.43. The number of nitrogens with zero attached hydrogens (tertiary/aromatic N) is 1. The summed E-state index contributed by atoms with van der Waals surface area (Å²) < 4.78 is 28.1. The molecule has 2 aromatic rings. The van der Waals surface area contributed by atoms with Gasteiger partial charge in [-0.3, -0.25) is 0 Å². The van der Waals surface area contributed by atoms with Crippen LogP contribution < -0.4 is 0 Å². The lowest BCUT2D eigenvalue weighted by molar-refractivity contribution is -0.0488. The van der Waals surface area contributed by atoms with Crippen LogP contribution in [-0.2, 0) is 34.0 Å². The van der Waals surface area contributed by atoms with Gasteiger partial charge in [-0.05, 0) is 67.3 Å². The normalized spacial score (nSPS) is 19.0. The van der Waals surface area contributed by atoms with Crippen LogP contribution in [0.3, 0.4) is 0 Å². The summed E-state index contributed by atoms with van der Waals surface area (Å²) in [4.78, 5) is 0. The van der Waals surface area contributed by atoms with Gasteiger partial charge in [0.05, 0.1) is 23.3 Å². The molecule has 0 bridgehead atoms. The first-order valence-corrected chi connectivity index (χ1v) is 13.0. The lowest BCUT2D eigenvalue weighted by Crippen LogP contribution is -2.54. The Morgan fingerprint density at radius 1 is 1.12 bits per heavy atom. The van der Waals surface area contributed by atoms with E-state index < -0.39 is 16.1 Å². The molecule has 5 nitrogen and oxygen atoms in total. The molecule has 0 saturated carbocycles. The summed E-state index contributed by atoms with van der Waals surface area (Å²) >= 11 is 0.813. The Balaban J connectivity index is 1.86. The first-order valence-electron chi connectivity index (χ1n) is 10.8. The summed E-state index contributed by atoms with van der Waals surface area (Å²) in [6.45, 7) is 7.25. The molecule has 1 N–H and O–H groups in total. The number of rotatable bonds is 9. The molecule has 1 heterocycles. The fourth-order valence-electron chi connectivity index (χ4n) is 3.57. The van der Waals surface area contributed by atoms with E-state index in [0.717, 1.165) is 27.5 Å². The first kappa shape index (κ1) is 25.4. The van der Waals surface area contributed by atoms with E-state index in [4.69, 9.17) is 9.47 Å². The third-order valence-corrected chi connectivity index (χ3v) is 8.14. The van der Waals surface area contributed by atoms with E-state index in [0.29, 0.717) is 19.8 Å². The van der Waals surface area contributed by atoms with Crippen LogP contribution >= 0.6 is 22.6 Å². The molecule has 3 atom stereocenters. The van der Waals surface area contributed by atoms with Gasteiger partial charge in [-0.1, -0.05) is 60.7 Å². The lowest BCUT2D eigenvalue weighted by atomic mass is 10.0. The zero-order valence-corrected chi connectivity index (χ0v) is 21.8. The number of allylic oxidation sites excluding steroid dienone is 1. The number of hydrogen-bond donors (Lipinski definition) is 1. The summed E-state index contributed by atoms with van der Waals surface area (Å²) in [5.74, 6) is -0.0314. The Hall–Kier alpha value is -1.26. The van der Waals surface area contributed by atoms with Crippen molar-refractivity contribution >= 4 is 34.0 Å². The second kappa shape index (κ2) is 11.7. The van der Waals surface area contributed by atoms with E-state index in [1.165, 1.54) is 0 Å². The fourth-order valence-corrected chi connectivity index (χ4v) is 5.43. The number of aliphatic hydroxyl groups is 1. The molecular formula is C25H32INO4S. The average molecular weight is 570 g/mol. The molecule has 32 heavy (non-hydrogen) atoms. The van der Waals surface area contributed by atoms with E-state index in [9.17, 15) is 9.66 Å². The summed E-state index contributed by atoms with van der Waals surface area (Å²) in [7, 11) is 0. The van der Waals surface area contributed by atoms with Crippen LogP contribution in [0.1, 0.15) is 44.7 Å². The minimum Gasteiger partial charge on any atom is -0.597 e. The number of benzene rings is 2. The van der Waals surface area contributed by atoms with Crippen molar-refractivity contribution in [2.75, 3.05) is 6.61 Å². The maximum atomic E-state index is 13.7. The van der Waals surface area contributed by atoms with Crippen molar-refractivity contribution in [2.24, 2.45) is 0 Å². The Bertz CT molecular complexity index is 873. The van der Waals surface area contributed by atoms with Crippen LogP contribution in [-0.4, -0.2) is 37.5 Å². The van der Waals surface area contributed by atoms with Crippen LogP contribution in [0.25, 0.3) is 0 Å². The molecule has 174 valence electrons. The average Bonchev–Trinajstić information content (AvgIpc) is 2.78. The van der Waals surface area contributed by atoms with Crippen molar-refractivity contribution in [1.82, 2.24) is 4.31 Å². The quantitative estimate of drug-likeness (QED) is 0.302. The molecular weight excluding hydrogens is 537 g/mol. The van der Waals surface area contributed by atoms with Gasteiger partial charge in [-0.15, -0.1) is 4.31 Å². The molecule has 1 aliphatic rings. The van der Waals surface area contributed by atoms with Crippen LogP contribution in [0, 0.1) is 0 Å². The van der Waals surface area contributed by atoms with E-state index in [-0.39, 0.29) is 18.1 Å². The number of hydrogen-bond acceptors (Lipinski definition) is 5. The van der Waals surface area contributed by atoms with E-state index >= 15 is 0 Å². The van der Waals surface area contributed by atoms with Crippen LogP contribution in [0.5, 0.6) is 0 Å². The van der Waals surface area contributed by atoms with Gasteiger partial charge in [0.25, 0.3) is 5.95 Å². The third kappa shape index (κ3) is 7.12. The molecule has 0 amide bonds. The predicted molar refractivity (Wildman–Crippen MR) is 138 cm³/mol. The molecule has 0 saturated heterocycles. The van der Waals surface area contributed by atoms with Crippen LogP contribution in [0.2, 0.25) is 0 Å². The molecule has 0 fully saturated rings. The van der Waals surface area contributed by atoms with Crippen molar-refractivity contribution in [3.63, 3.8) is 0 Å². The van der Waals surface area contributed by atoms with E-state index in [1.54, 1.807) is 0 Å². The summed E-state index contributed by atoms with van der Waals surface area (Å²) in [6.07, 6.45) is 1.14. The largest absolute Gasteiger partial charge is 0.597 e. The Kier molecular flexibility index (Phi) is 9.31. The van der Waals surface area contributed by atoms with Gasteiger partial charge in [0, 0.05) is 11.4 Å². The van der Waals surface area contributed by atoms with Crippen molar-refractivity contribution in [2.45, 2.75) is 63.7 Å². The fraction of sp³-hybridized carbons (Fsp3) is 0.440. The maximum absolute atomic E-state index is 13.7. The highest BCUT2D eigenvalue weighted by molar-refractivity contribution is 14.1. The third-order valence-electron chi connectivity index (χ3n) is 5.26. The van der Waals surface area contributed by atoms with Gasteiger partial charge in [-0.2, -0.15) is 0 Å². The first-order chi connectivity index (χ1) is 15.3. The zero-order valence-electron chi connectivity index (χ0n) is 18.9. The van der Waals surface area contributed by atoms with Crippen molar-refractivity contribution in [3.8, 4) is 0 Å². The maximum Gasteiger partial charge on any atom is 0.286 e. The summed E-state index contributed by atoms with van der Waals surface area (Å²) in [5.41, 5.74) is 2.16. The molecule has 0 spiro atoms. The van der Waals surface area contributed by atoms with Crippen molar-refractivity contribution in [3.05, 3.63) is 81.3 Å². The standard InChI is InChI=1S/C25H32INO4S/c1-25(2,3)32(29)27(16-19-10-6-4-7-11-19)22(23-15-14-21(26)24(28)31-23)18-30-17-20-12-8-5-9-13-20/h4-13,22-23,28H,14-18H2,1-3H3/t22-,23-,32?/m0/s1. The molecule has 0 radical (unpaired) electrons. The number of halogens is 1. The SMILES string of the molecule is CC(C)(C)[S+]([O-])N(Cc1ccccc1)[C@@H](COCc1ccccc1)[C@@H]1CCC(I)=C(O)O1. The molecule has 2 aromatic carbocycles. The van der Waals surface area contributed by atoms with Gasteiger partial charge in [-0.25, -0.2) is 0 Å². The van der Waals surface area contributed by atoms with Gasteiger partial charge < -0.3 is 19.1 Å². The predicted octanol–water partition coefficient (Wildman–Crippen LogP) is 5.88. The van der Waals surface area contributed by atoms with Gasteiger partial charge >= 0.3 is 0 Å². The molecule has 0 aliphatic carbocycles. The summed E-state index contributed by atoms with van der Waals surface area (Å²) in [5, 5.41) is 10.3. The minimum absolute atomic E-state index is 0.0314. The summed E-state index contributed by atoms with van der Waals surface area (Å²) in [6, 6.07) is 19.8. The Morgan fingerprint density at radius 3 is 2.28 bits per heavy atom. The van der Waals surface area contributed by atoms with Gasteiger partial charge in [0.15, 0.2) is 0 Å². The molecule has 0 aromatic heterocycles. The van der Waals surface area contributed by atoms with Gasteiger partial charge in [0.1, 0.15) is 16.9 Å². The Labute approximate surface area is 208 Å². The van der Waals surface area contributed by atoms with E-state index in [1.807, 2.05) is 85.7 Å². The van der Waals surface area contributed by atoms with Gasteiger partial charge in [0.2, 0.25) is 0 Å². The highest BCUT2D eigenvalue weighted by Crippen LogP contribution is 2.33. The zero-order chi connectivity index (χ0) is 23.1. The van der Waals surface area contributed by atoms with Crippen LogP contribution in [0.4, 0.5) is 0 Å². The number of ether oxygens (including phenoxy) is 2. The van der Waals surface area contributed by atoms with Crippen molar-refractivity contribution < 1.29 is 19.1 Å². The smallest absolute Gasteiger partial charge is 0.286 e. The lowest BCUT2D eigenvalue weighted by Gasteiger charge is -2.41. The monoisotopic (exact) mass is 569 g/mol.